The molecule has 108 valence electrons. The van der Waals surface area contributed by atoms with E-state index in [2.05, 4.69) is 5.32 Å². The minimum atomic E-state index is -0.189. The van der Waals surface area contributed by atoms with E-state index < -0.39 is 0 Å². The van der Waals surface area contributed by atoms with Gasteiger partial charge in [0, 0.05) is 11.3 Å². The van der Waals surface area contributed by atoms with E-state index in [1.54, 1.807) is 24.3 Å². The van der Waals surface area contributed by atoms with E-state index in [1.807, 2.05) is 51.5 Å². The van der Waals surface area contributed by atoms with Gasteiger partial charge in [-0.05, 0) is 36.4 Å². The maximum atomic E-state index is 12.1. The zero-order chi connectivity index (χ0) is 15.5. The molecule has 0 radical (unpaired) electrons. The summed E-state index contributed by atoms with van der Waals surface area (Å²) in [4.78, 5) is 24.2. The molecule has 2 aromatic rings. The molecular formula is C17H19N2O2+. The number of rotatable bonds is 3. The van der Waals surface area contributed by atoms with Gasteiger partial charge in [0.05, 0.1) is 26.7 Å². The van der Waals surface area contributed by atoms with Crippen molar-refractivity contribution in [1.82, 2.24) is 0 Å². The molecule has 0 aliphatic carbocycles. The van der Waals surface area contributed by atoms with Crippen LogP contribution in [0.15, 0.2) is 54.6 Å². The van der Waals surface area contributed by atoms with Crippen molar-refractivity contribution < 1.29 is 14.1 Å². The Morgan fingerprint density at radius 3 is 1.86 bits per heavy atom. The van der Waals surface area contributed by atoms with E-state index in [9.17, 15) is 9.59 Å². The molecule has 2 rings (SSSR count). The van der Waals surface area contributed by atoms with Gasteiger partial charge in [0.2, 0.25) is 0 Å². The number of carbonyl (C=O) groups is 2. The Morgan fingerprint density at radius 1 is 0.810 bits per heavy atom. The maximum absolute atomic E-state index is 12.1. The predicted octanol–water partition coefficient (Wildman–Crippen LogP) is 2.79. The normalized spacial score (nSPS) is 11.0. The lowest BCUT2D eigenvalue weighted by atomic mass is 10.1. The summed E-state index contributed by atoms with van der Waals surface area (Å²) in [6, 6.07) is 16.0. The van der Waals surface area contributed by atoms with Crippen LogP contribution in [-0.2, 0) is 0 Å². The lowest BCUT2D eigenvalue weighted by Crippen LogP contribution is -2.41. The zero-order valence-electron chi connectivity index (χ0n) is 12.5. The van der Waals surface area contributed by atoms with Crippen LogP contribution in [0.5, 0.6) is 0 Å². The quantitative estimate of drug-likeness (QED) is 0.880. The van der Waals surface area contributed by atoms with Crippen molar-refractivity contribution in [2.24, 2.45) is 0 Å². The molecule has 0 fully saturated rings. The minimum Gasteiger partial charge on any atom is -0.322 e. The van der Waals surface area contributed by atoms with Crippen molar-refractivity contribution in [3.05, 3.63) is 65.7 Å². The molecule has 4 nitrogen and oxygen atoms in total. The monoisotopic (exact) mass is 283 g/mol. The maximum Gasteiger partial charge on any atom is 0.345 e. The van der Waals surface area contributed by atoms with E-state index in [-0.39, 0.29) is 16.3 Å². The molecule has 0 spiro atoms. The Bertz CT molecular complexity index is 641. The molecule has 0 heterocycles. The zero-order valence-corrected chi connectivity index (χ0v) is 12.5. The Morgan fingerprint density at radius 2 is 1.33 bits per heavy atom. The molecule has 0 bridgehead atoms. The van der Waals surface area contributed by atoms with Crippen LogP contribution >= 0.6 is 0 Å². The summed E-state index contributed by atoms with van der Waals surface area (Å²) in [6.45, 7) is 0. The summed E-state index contributed by atoms with van der Waals surface area (Å²) in [5.74, 6) is -0.185. The average molecular weight is 283 g/mol. The first-order valence-corrected chi connectivity index (χ1v) is 6.71. The number of para-hydroxylation sites is 1. The van der Waals surface area contributed by atoms with E-state index >= 15 is 0 Å². The van der Waals surface area contributed by atoms with Gasteiger partial charge in [-0.25, -0.2) is 4.79 Å². The SMILES string of the molecule is C[N+](C)(C)C(=O)c1ccc(C(=O)Nc2ccccc2)cc1. The standard InChI is InChI=1S/C17H18N2O2/c1-19(2,3)17(21)14-11-9-13(10-12-14)16(20)18-15-7-5-4-6-8-15/h4-12H,1-3H3/p+1. The number of benzene rings is 2. The number of amides is 2. The highest BCUT2D eigenvalue weighted by Gasteiger charge is 2.22. The molecule has 2 aromatic carbocycles. The number of hydrogen-bond acceptors (Lipinski definition) is 2. The highest BCUT2D eigenvalue weighted by molar-refractivity contribution is 6.04. The van der Waals surface area contributed by atoms with Crippen molar-refractivity contribution in [3.63, 3.8) is 0 Å². The van der Waals surface area contributed by atoms with Crippen LogP contribution < -0.4 is 5.32 Å². The van der Waals surface area contributed by atoms with E-state index in [0.717, 1.165) is 5.69 Å². The van der Waals surface area contributed by atoms with Crippen molar-refractivity contribution in [1.29, 1.82) is 0 Å². The van der Waals surface area contributed by atoms with Crippen LogP contribution in [0.2, 0.25) is 0 Å². The third kappa shape index (κ3) is 3.77. The molecule has 1 N–H and O–H groups in total. The van der Waals surface area contributed by atoms with Crippen LogP contribution in [-0.4, -0.2) is 37.4 Å². The summed E-state index contributed by atoms with van der Waals surface area (Å²) < 4.78 is 0.218. The van der Waals surface area contributed by atoms with Crippen LogP contribution in [0.4, 0.5) is 5.69 Å². The second-order valence-electron chi connectivity index (χ2n) is 5.72. The number of nitrogens with one attached hydrogen (secondary N) is 1. The fraction of sp³-hybridized carbons (Fsp3) is 0.176. The van der Waals surface area contributed by atoms with Crippen molar-refractivity contribution in [3.8, 4) is 0 Å². The van der Waals surface area contributed by atoms with E-state index in [4.69, 9.17) is 0 Å². The smallest absolute Gasteiger partial charge is 0.322 e. The largest absolute Gasteiger partial charge is 0.345 e. The number of quaternary nitrogens is 1. The number of nitrogens with zero attached hydrogens (tertiary/aromatic N) is 1. The van der Waals surface area contributed by atoms with Crippen molar-refractivity contribution >= 4 is 17.5 Å². The van der Waals surface area contributed by atoms with Gasteiger partial charge in [-0.2, -0.15) is 0 Å². The van der Waals surface area contributed by atoms with Gasteiger partial charge >= 0.3 is 5.91 Å². The van der Waals surface area contributed by atoms with Crippen LogP contribution in [0.1, 0.15) is 20.7 Å². The van der Waals surface area contributed by atoms with Gasteiger partial charge in [0.15, 0.2) is 0 Å². The predicted molar refractivity (Wildman–Crippen MR) is 83.2 cm³/mol. The Labute approximate surface area is 124 Å². The molecule has 0 aromatic heterocycles. The van der Waals surface area contributed by atoms with Gasteiger partial charge in [-0.1, -0.05) is 18.2 Å². The summed E-state index contributed by atoms with van der Waals surface area (Å²) in [5, 5.41) is 2.81. The van der Waals surface area contributed by atoms with Gasteiger partial charge in [-0.15, -0.1) is 0 Å². The fourth-order valence-corrected chi connectivity index (χ4v) is 1.88. The van der Waals surface area contributed by atoms with Crippen LogP contribution in [0, 0.1) is 0 Å². The third-order valence-corrected chi connectivity index (χ3v) is 3.03. The van der Waals surface area contributed by atoms with E-state index in [0.29, 0.717) is 11.1 Å². The van der Waals surface area contributed by atoms with Crippen molar-refractivity contribution in [2.45, 2.75) is 0 Å². The topological polar surface area (TPSA) is 46.2 Å². The molecular weight excluding hydrogens is 264 g/mol. The number of carbonyl (C=O) groups excluding carboxylic acids is 2. The molecule has 0 aliphatic rings. The summed E-state index contributed by atoms with van der Waals surface area (Å²) in [5.41, 5.74) is 1.87. The molecule has 0 saturated carbocycles. The van der Waals surface area contributed by atoms with Crippen LogP contribution in [0.3, 0.4) is 0 Å². The van der Waals surface area contributed by atoms with Gasteiger partial charge < -0.3 is 5.32 Å². The molecule has 21 heavy (non-hydrogen) atoms. The van der Waals surface area contributed by atoms with Crippen molar-refractivity contribution in [2.75, 3.05) is 26.5 Å². The Kier molecular flexibility index (Phi) is 4.19. The summed E-state index contributed by atoms with van der Waals surface area (Å²) >= 11 is 0. The summed E-state index contributed by atoms with van der Waals surface area (Å²) in [7, 11) is 5.45. The lowest BCUT2D eigenvalue weighted by Gasteiger charge is -2.20. The molecule has 2 amide bonds. The lowest BCUT2D eigenvalue weighted by molar-refractivity contribution is -0.785. The molecule has 0 aliphatic heterocycles. The third-order valence-electron chi connectivity index (χ3n) is 3.03. The molecule has 0 saturated heterocycles. The highest BCUT2D eigenvalue weighted by Crippen LogP contribution is 2.12. The number of anilines is 1. The van der Waals surface area contributed by atoms with E-state index in [1.165, 1.54) is 0 Å². The van der Waals surface area contributed by atoms with Gasteiger partial charge in [0.1, 0.15) is 0 Å². The minimum absolute atomic E-state index is 0.00465. The van der Waals surface area contributed by atoms with Gasteiger partial charge in [0.25, 0.3) is 5.91 Å². The van der Waals surface area contributed by atoms with Gasteiger partial charge in [-0.3, -0.25) is 9.28 Å². The fourth-order valence-electron chi connectivity index (χ4n) is 1.88. The molecule has 4 heteroatoms. The second kappa shape index (κ2) is 5.89. The first-order chi connectivity index (χ1) is 9.88. The first-order valence-electron chi connectivity index (χ1n) is 6.71. The first kappa shape index (κ1) is 14.9. The highest BCUT2D eigenvalue weighted by atomic mass is 16.2. The second-order valence-corrected chi connectivity index (χ2v) is 5.72. The Balaban J connectivity index is 2.12. The van der Waals surface area contributed by atoms with Crippen LogP contribution in [0.25, 0.3) is 0 Å². The molecule has 0 atom stereocenters. The average Bonchev–Trinajstić information content (AvgIpc) is 2.46. The molecule has 0 unspecified atom stereocenters. The summed E-state index contributed by atoms with van der Waals surface area (Å²) in [6.07, 6.45) is 0. The number of hydrogen-bond donors (Lipinski definition) is 1. The Hall–Kier alpha value is -2.46.